The average Bonchev–Trinajstić information content (AvgIpc) is 2.52. The summed E-state index contributed by atoms with van der Waals surface area (Å²) in [5.74, 6) is -0.287. The number of likely N-dealkylation sites (N-methyl/N-ethyl adjacent to an activating group) is 1. The molecule has 1 saturated heterocycles. The summed E-state index contributed by atoms with van der Waals surface area (Å²) >= 11 is 0. The van der Waals surface area contributed by atoms with Gasteiger partial charge in [-0.3, -0.25) is 4.79 Å². The second kappa shape index (κ2) is 5.35. The molecule has 18 heavy (non-hydrogen) atoms. The zero-order valence-electron chi connectivity index (χ0n) is 10.5. The predicted molar refractivity (Wildman–Crippen MR) is 68.8 cm³/mol. The SMILES string of the molecule is CN1CCCN(c2ccc(CN)cc2F)CC1=O. The quantitative estimate of drug-likeness (QED) is 0.851. The van der Waals surface area contributed by atoms with Crippen molar-refractivity contribution in [3.05, 3.63) is 29.6 Å². The highest BCUT2D eigenvalue weighted by molar-refractivity contribution is 5.81. The highest BCUT2D eigenvalue weighted by Gasteiger charge is 2.21. The zero-order valence-corrected chi connectivity index (χ0v) is 10.5. The Balaban J connectivity index is 2.22. The number of carbonyl (C=O) groups excluding carboxylic acids is 1. The van der Waals surface area contributed by atoms with Crippen LogP contribution in [0.15, 0.2) is 18.2 Å². The fourth-order valence-electron chi connectivity index (χ4n) is 2.13. The Morgan fingerprint density at radius 3 is 2.83 bits per heavy atom. The maximum Gasteiger partial charge on any atom is 0.241 e. The highest BCUT2D eigenvalue weighted by atomic mass is 19.1. The van der Waals surface area contributed by atoms with Crippen molar-refractivity contribution in [1.82, 2.24) is 4.90 Å². The minimum Gasteiger partial charge on any atom is -0.360 e. The number of rotatable bonds is 2. The molecule has 5 heteroatoms. The lowest BCUT2D eigenvalue weighted by molar-refractivity contribution is -0.127. The maximum absolute atomic E-state index is 14.0. The van der Waals surface area contributed by atoms with Gasteiger partial charge in [0.25, 0.3) is 0 Å². The van der Waals surface area contributed by atoms with Crippen molar-refractivity contribution in [2.45, 2.75) is 13.0 Å². The monoisotopic (exact) mass is 251 g/mol. The molecule has 1 aliphatic heterocycles. The number of hydrogen-bond acceptors (Lipinski definition) is 3. The summed E-state index contributed by atoms with van der Waals surface area (Å²) in [7, 11) is 1.78. The van der Waals surface area contributed by atoms with Gasteiger partial charge in [0.05, 0.1) is 12.2 Å². The number of benzene rings is 1. The molecule has 2 N–H and O–H groups in total. The fraction of sp³-hybridized carbons (Fsp3) is 0.462. The smallest absolute Gasteiger partial charge is 0.241 e. The van der Waals surface area contributed by atoms with Gasteiger partial charge in [-0.2, -0.15) is 0 Å². The van der Waals surface area contributed by atoms with Crippen molar-refractivity contribution in [3.63, 3.8) is 0 Å². The Morgan fingerprint density at radius 2 is 2.17 bits per heavy atom. The lowest BCUT2D eigenvalue weighted by Crippen LogP contribution is -2.34. The second-order valence-corrected chi connectivity index (χ2v) is 4.58. The molecular weight excluding hydrogens is 233 g/mol. The predicted octanol–water partition coefficient (Wildman–Crippen LogP) is 0.953. The van der Waals surface area contributed by atoms with Crippen LogP contribution in [0.25, 0.3) is 0 Å². The van der Waals surface area contributed by atoms with Crippen molar-refractivity contribution in [3.8, 4) is 0 Å². The Labute approximate surface area is 106 Å². The molecule has 2 rings (SSSR count). The third kappa shape index (κ3) is 2.61. The van der Waals surface area contributed by atoms with Gasteiger partial charge >= 0.3 is 0 Å². The molecular formula is C13H18FN3O. The van der Waals surface area contributed by atoms with E-state index in [4.69, 9.17) is 5.73 Å². The average molecular weight is 251 g/mol. The summed E-state index contributed by atoms with van der Waals surface area (Å²) in [6.07, 6.45) is 0.848. The van der Waals surface area contributed by atoms with Gasteiger partial charge in [-0.05, 0) is 24.1 Å². The van der Waals surface area contributed by atoms with E-state index in [0.717, 1.165) is 18.5 Å². The molecule has 1 heterocycles. The molecule has 0 radical (unpaired) electrons. The van der Waals surface area contributed by atoms with Crippen LogP contribution in [0.3, 0.4) is 0 Å². The summed E-state index contributed by atoms with van der Waals surface area (Å²) < 4.78 is 14.0. The second-order valence-electron chi connectivity index (χ2n) is 4.58. The summed E-state index contributed by atoms with van der Waals surface area (Å²) in [6, 6.07) is 4.95. The van der Waals surface area contributed by atoms with Crippen LogP contribution in [0.1, 0.15) is 12.0 Å². The number of halogens is 1. The maximum atomic E-state index is 14.0. The molecule has 1 aromatic carbocycles. The van der Waals surface area contributed by atoms with Crippen molar-refractivity contribution >= 4 is 11.6 Å². The molecule has 1 fully saturated rings. The topological polar surface area (TPSA) is 49.6 Å². The van der Waals surface area contributed by atoms with E-state index in [-0.39, 0.29) is 18.3 Å². The molecule has 0 aromatic heterocycles. The number of hydrogen-bond donors (Lipinski definition) is 1. The van der Waals surface area contributed by atoms with Crippen LogP contribution in [0.5, 0.6) is 0 Å². The van der Waals surface area contributed by atoms with Crippen LogP contribution in [-0.2, 0) is 11.3 Å². The third-order valence-corrected chi connectivity index (χ3v) is 3.26. The first-order valence-corrected chi connectivity index (χ1v) is 6.09. The number of anilines is 1. The van der Waals surface area contributed by atoms with Gasteiger partial charge in [0.2, 0.25) is 5.91 Å². The van der Waals surface area contributed by atoms with Crippen LogP contribution < -0.4 is 10.6 Å². The molecule has 0 unspecified atom stereocenters. The van der Waals surface area contributed by atoms with Gasteiger partial charge < -0.3 is 15.5 Å². The molecule has 0 atom stereocenters. The summed E-state index contributed by atoms with van der Waals surface area (Å²) in [4.78, 5) is 15.3. The number of carbonyl (C=O) groups is 1. The van der Waals surface area contributed by atoms with Crippen LogP contribution in [-0.4, -0.2) is 37.5 Å². The van der Waals surface area contributed by atoms with E-state index in [2.05, 4.69) is 0 Å². The van der Waals surface area contributed by atoms with Gasteiger partial charge in [-0.1, -0.05) is 6.07 Å². The Bertz CT molecular complexity index is 450. The molecule has 1 aromatic rings. The van der Waals surface area contributed by atoms with Gasteiger partial charge in [-0.25, -0.2) is 4.39 Å². The first kappa shape index (κ1) is 12.8. The molecule has 0 bridgehead atoms. The van der Waals surface area contributed by atoms with Crippen molar-refractivity contribution < 1.29 is 9.18 Å². The van der Waals surface area contributed by atoms with Gasteiger partial charge in [0.15, 0.2) is 0 Å². The standard InChI is InChI=1S/C13H18FN3O/c1-16-5-2-6-17(9-13(16)18)12-4-3-10(8-15)7-11(12)14/h3-4,7H,2,5-6,8-9,15H2,1H3. The van der Waals surface area contributed by atoms with Crippen molar-refractivity contribution in [2.24, 2.45) is 5.73 Å². The van der Waals surface area contributed by atoms with Gasteiger partial charge in [0.1, 0.15) is 5.82 Å². The molecule has 1 aliphatic rings. The molecule has 98 valence electrons. The van der Waals surface area contributed by atoms with Crippen molar-refractivity contribution in [2.75, 3.05) is 31.6 Å². The van der Waals surface area contributed by atoms with E-state index in [1.54, 1.807) is 29.0 Å². The minimum absolute atomic E-state index is 0.0230. The van der Waals surface area contributed by atoms with Crippen LogP contribution in [0.2, 0.25) is 0 Å². The summed E-state index contributed by atoms with van der Waals surface area (Å²) in [5.41, 5.74) is 6.71. The molecule has 4 nitrogen and oxygen atoms in total. The summed E-state index contributed by atoms with van der Waals surface area (Å²) in [5, 5.41) is 0. The Morgan fingerprint density at radius 1 is 1.39 bits per heavy atom. The first-order valence-electron chi connectivity index (χ1n) is 6.09. The lowest BCUT2D eigenvalue weighted by Gasteiger charge is -2.22. The zero-order chi connectivity index (χ0) is 13.1. The van der Waals surface area contributed by atoms with Crippen LogP contribution in [0, 0.1) is 5.82 Å². The minimum atomic E-state index is -0.310. The summed E-state index contributed by atoms with van der Waals surface area (Å²) in [6.45, 7) is 1.96. The largest absolute Gasteiger partial charge is 0.360 e. The number of nitrogens with two attached hydrogens (primary N) is 1. The molecule has 0 spiro atoms. The third-order valence-electron chi connectivity index (χ3n) is 3.26. The lowest BCUT2D eigenvalue weighted by atomic mass is 10.2. The van der Waals surface area contributed by atoms with Crippen molar-refractivity contribution in [1.29, 1.82) is 0 Å². The van der Waals surface area contributed by atoms with Crippen LogP contribution >= 0.6 is 0 Å². The van der Waals surface area contributed by atoms with E-state index in [9.17, 15) is 9.18 Å². The fourth-order valence-corrected chi connectivity index (χ4v) is 2.13. The van der Waals surface area contributed by atoms with E-state index in [1.165, 1.54) is 6.07 Å². The first-order chi connectivity index (χ1) is 8.61. The Hall–Kier alpha value is -1.62. The Kier molecular flexibility index (Phi) is 3.81. The normalized spacial score (nSPS) is 16.9. The van der Waals surface area contributed by atoms with E-state index in [1.807, 2.05) is 0 Å². The molecule has 0 aliphatic carbocycles. The van der Waals surface area contributed by atoms with E-state index >= 15 is 0 Å². The van der Waals surface area contributed by atoms with E-state index < -0.39 is 0 Å². The number of nitrogens with zero attached hydrogens (tertiary/aromatic N) is 2. The van der Waals surface area contributed by atoms with Crippen LogP contribution in [0.4, 0.5) is 10.1 Å². The van der Waals surface area contributed by atoms with Gasteiger partial charge in [0, 0.05) is 26.7 Å². The highest BCUT2D eigenvalue weighted by Crippen LogP contribution is 2.22. The van der Waals surface area contributed by atoms with Gasteiger partial charge in [-0.15, -0.1) is 0 Å². The number of amides is 1. The van der Waals surface area contributed by atoms with E-state index in [0.29, 0.717) is 18.8 Å². The molecule has 1 amide bonds. The molecule has 0 saturated carbocycles.